The lowest BCUT2D eigenvalue weighted by atomic mass is 9.96. The third-order valence-electron chi connectivity index (χ3n) is 7.13. The summed E-state index contributed by atoms with van der Waals surface area (Å²) in [4.78, 5) is 52.8. The average molecular weight is 526 g/mol. The zero-order valence-corrected chi connectivity index (χ0v) is 21.5. The van der Waals surface area contributed by atoms with Gasteiger partial charge in [-0.15, -0.1) is 0 Å². The maximum atomic E-state index is 13.4. The van der Waals surface area contributed by atoms with E-state index in [1.54, 1.807) is 37.4 Å². The number of ether oxygens (including phenoxy) is 1. The van der Waals surface area contributed by atoms with Gasteiger partial charge in [0, 0.05) is 19.0 Å². The summed E-state index contributed by atoms with van der Waals surface area (Å²) in [6.45, 7) is 0.120. The highest BCUT2D eigenvalue weighted by atomic mass is 16.5. The maximum Gasteiger partial charge on any atom is 0.315 e. The van der Waals surface area contributed by atoms with Crippen LogP contribution in [0.1, 0.15) is 54.6 Å². The summed E-state index contributed by atoms with van der Waals surface area (Å²) in [6.07, 6.45) is 6.96. The highest BCUT2D eigenvalue weighted by molar-refractivity contribution is 5.97. The third-order valence-corrected chi connectivity index (χ3v) is 7.13. The van der Waals surface area contributed by atoms with E-state index in [2.05, 4.69) is 16.0 Å². The van der Waals surface area contributed by atoms with Gasteiger partial charge >= 0.3 is 6.03 Å². The van der Waals surface area contributed by atoms with Gasteiger partial charge in [-0.1, -0.05) is 31.4 Å². The van der Waals surface area contributed by atoms with Crippen LogP contribution in [-0.2, 0) is 16.0 Å². The Morgan fingerprint density at radius 3 is 2.39 bits per heavy atom. The number of furan rings is 1. The zero-order valence-electron chi connectivity index (χ0n) is 21.5. The molecule has 5 amide bonds. The van der Waals surface area contributed by atoms with Crippen molar-refractivity contribution in [3.8, 4) is 5.75 Å². The van der Waals surface area contributed by atoms with Gasteiger partial charge in [0.05, 0.1) is 19.4 Å². The number of nitrogens with two attached hydrogens (primary N) is 1. The Kier molecular flexibility index (Phi) is 8.88. The Hall–Kier alpha value is -4.02. The summed E-state index contributed by atoms with van der Waals surface area (Å²) in [6, 6.07) is 7.62. The monoisotopic (exact) mass is 525 g/mol. The molecule has 2 heterocycles. The number of likely N-dealkylation sites (tertiary alicyclic amines) is 1. The number of carbonyl (C=O) groups excluding carboxylic acids is 4. The molecule has 1 saturated heterocycles. The molecule has 204 valence electrons. The number of nitrogens with zero attached hydrogens (tertiary/aromatic N) is 1. The minimum atomic E-state index is -0.988. The molecule has 2 aliphatic rings. The first kappa shape index (κ1) is 27.0. The number of hydrogen-bond donors (Lipinski definition) is 4. The summed E-state index contributed by atoms with van der Waals surface area (Å²) in [5, 5.41) is 8.62. The van der Waals surface area contributed by atoms with E-state index < -0.39 is 35.8 Å². The molecule has 1 aliphatic heterocycles. The summed E-state index contributed by atoms with van der Waals surface area (Å²) in [5.41, 5.74) is 6.38. The van der Waals surface area contributed by atoms with Crippen molar-refractivity contribution in [2.24, 2.45) is 5.73 Å². The zero-order chi connectivity index (χ0) is 27.1. The van der Waals surface area contributed by atoms with Gasteiger partial charge in [0.2, 0.25) is 11.8 Å². The van der Waals surface area contributed by atoms with Crippen molar-refractivity contribution in [2.75, 3.05) is 13.7 Å². The van der Waals surface area contributed by atoms with E-state index in [0.29, 0.717) is 5.75 Å². The quantitative estimate of drug-likeness (QED) is 0.391. The smallest absolute Gasteiger partial charge is 0.315 e. The molecule has 5 N–H and O–H groups in total. The van der Waals surface area contributed by atoms with Gasteiger partial charge in [-0.2, -0.15) is 0 Å². The molecule has 38 heavy (non-hydrogen) atoms. The van der Waals surface area contributed by atoms with Gasteiger partial charge in [-0.3, -0.25) is 14.4 Å². The summed E-state index contributed by atoms with van der Waals surface area (Å²) in [7, 11) is 1.56. The van der Waals surface area contributed by atoms with Crippen LogP contribution in [0.2, 0.25) is 0 Å². The Labute approximate surface area is 221 Å². The van der Waals surface area contributed by atoms with E-state index in [4.69, 9.17) is 14.9 Å². The number of carbonyl (C=O) groups is 4. The fourth-order valence-electron chi connectivity index (χ4n) is 5.10. The number of urea groups is 1. The molecule has 2 aromatic rings. The number of amides is 5. The molecule has 1 aromatic heterocycles. The number of rotatable bonds is 9. The topological polar surface area (TPSA) is 156 Å². The summed E-state index contributed by atoms with van der Waals surface area (Å²) < 4.78 is 10.4. The van der Waals surface area contributed by atoms with Gasteiger partial charge in [0.15, 0.2) is 5.76 Å². The van der Waals surface area contributed by atoms with Crippen LogP contribution in [0.25, 0.3) is 0 Å². The van der Waals surface area contributed by atoms with Crippen LogP contribution in [0, 0.1) is 0 Å². The molecule has 11 heteroatoms. The van der Waals surface area contributed by atoms with Crippen LogP contribution in [-0.4, -0.2) is 66.5 Å². The molecule has 1 saturated carbocycles. The van der Waals surface area contributed by atoms with Crippen LogP contribution in [0.15, 0.2) is 47.1 Å². The largest absolute Gasteiger partial charge is 0.497 e. The van der Waals surface area contributed by atoms with Crippen molar-refractivity contribution < 1.29 is 28.3 Å². The van der Waals surface area contributed by atoms with Crippen molar-refractivity contribution in [1.29, 1.82) is 0 Å². The predicted octanol–water partition coefficient (Wildman–Crippen LogP) is 1.72. The molecule has 1 aromatic carbocycles. The molecule has 2 fully saturated rings. The van der Waals surface area contributed by atoms with E-state index >= 15 is 0 Å². The lowest BCUT2D eigenvalue weighted by Gasteiger charge is -2.25. The second-order valence-electron chi connectivity index (χ2n) is 9.85. The molecule has 1 aliphatic carbocycles. The highest BCUT2D eigenvalue weighted by Gasteiger charge is 2.42. The molecule has 0 bridgehead atoms. The van der Waals surface area contributed by atoms with E-state index in [-0.39, 0.29) is 37.2 Å². The molecule has 4 rings (SSSR count). The predicted molar refractivity (Wildman–Crippen MR) is 138 cm³/mol. The Balaban J connectivity index is 1.44. The van der Waals surface area contributed by atoms with Crippen molar-refractivity contribution in [2.45, 2.75) is 69.1 Å². The van der Waals surface area contributed by atoms with E-state index in [0.717, 1.165) is 31.2 Å². The molecule has 3 unspecified atom stereocenters. The van der Waals surface area contributed by atoms with Crippen LogP contribution in [0.3, 0.4) is 0 Å². The van der Waals surface area contributed by atoms with Gasteiger partial charge in [-0.25, -0.2) is 4.79 Å². The fraction of sp³-hybridized carbons (Fsp3) is 0.481. The second-order valence-corrected chi connectivity index (χ2v) is 9.85. The minimum absolute atomic E-state index is 0.0831. The van der Waals surface area contributed by atoms with Crippen LogP contribution < -0.4 is 26.4 Å². The van der Waals surface area contributed by atoms with Crippen molar-refractivity contribution in [1.82, 2.24) is 20.9 Å². The van der Waals surface area contributed by atoms with Crippen LogP contribution in [0.5, 0.6) is 5.75 Å². The molecule has 3 atom stereocenters. The van der Waals surface area contributed by atoms with Crippen LogP contribution in [0.4, 0.5) is 4.79 Å². The van der Waals surface area contributed by atoms with Gasteiger partial charge in [0.1, 0.15) is 17.8 Å². The third kappa shape index (κ3) is 6.84. The Morgan fingerprint density at radius 2 is 1.76 bits per heavy atom. The minimum Gasteiger partial charge on any atom is -0.497 e. The lowest BCUT2D eigenvalue weighted by Crippen LogP contribution is -2.53. The van der Waals surface area contributed by atoms with Gasteiger partial charge < -0.3 is 35.7 Å². The number of primary amides is 1. The van der Waals surface area contributed by atoms with E-state index in [9.17, 15) is 19.2 Å². The number of nitrogens with one attached hydrogen (secondary N) is 3. The maximum absolute atomic E-state index is 13.4. The van der Waals surface area contributed by atoms with Gasteiger partial charge in [0.25, 0.3) is 5.91 Å². The van der Waals surface area contributed by atoms with E-state index in [1.807, 2.05) is 0 Å². The van der Waals surface area contributed by atoms with E-state index in [1.165, 1.54) is 23.7 Å². The van der Waals surface area contributed by atoms with Crippen molar-refractivity contribution in [3.05, 3.63) is 54.0 Å². The van der Waals surface area contributed by atoms with Crippen LogP contribution >= 0.6 is 0 Å². The first-order valence-electron chi connectivity index (χ1n) is 13.0. The first-order valence-corrected chi connectivity index (χ1v) is 13.0. The summed E-state index contributed by atoms with van der Waals surface area (Å²) in [5.74, 6) is -0.952. The van der Waals surface area contributed by atoms with Crippen molar-refractivity contribution >= 4 is 23.8 Å². The SMILES string of the molecule is COc1ccc(CC(NC(=O)C2CC(NC(=O)NC3CCCCC3)CN2C(=O)c2ccco2)C(N)=O)cc1. The Morgan fingerprint density at radius 1 is 1.05 bits per heavy atom. The highest BCUT2D eigenvalue weighted by Crippen LogP contribution is 2.23. The standard InChI is InChI=1S/C27H35N5O6/c1-37-20-11-9-17(10-12-20)14-21(24(28)33)31-25(34)22-15-19(16-32(22)26(35)23-8-5-13-38-23)30-27(36)29-18-6-3-2-4-7-18/h5,8-13,18-19,21-22H,2-4,6-7,14-16H2,1H3,(H2,28,33)(H,31,34)(H2,29,30,36). The lowest BCUT2D eigenvalue weighted by molar-refractivity contribution is -0.129. The number of benzene rings is 1. The van der Waals surface area contributed by atoms with Crippen molar-refractivity contribution in [3.63, 3.8) is 0 Å². The first-order chi connectivity index (χ1) is 18.3. The molecular formula is C27H35N5O6. The fourth-order valence-corrected chi connectivity index (χ4v) is 5.10. The molecular weight excluding hydrogens is 490 g/mol. The second kappa shape index (κ2) is 12.5. The molecule has 0 radical (unpaired) electrons. The summed E-state index contributed by atoms with van der Waals surface area (Å²) >= 11 is 0. The normalized spacial score (nSPS) is 20.4. The molecule has 0 spiro atoms. The molecule has 11 nitrogen and oxygen atoms in total. The average Bonchev–Trinajstić information content (AvgIpc) is 3.59. The Bertz CT molecular complexity index is 1110. The number of methoxy groups -OCH3 is 1. The van der Waals surface area contributed by atoms with Gasteiger partial charge in [-0.05, 0) is 49.1 Å². The number of hydrogen-bond acceptors (Lipinski definition) is 6.